The summed E-state index contributed by atoms with van der Waals surface area (Å²) in [6.07, 6.45) is 2.79. The maximum absolute atomic E-state index is 11.9. The third kappa shape index (κ3) is 4.29. The van der Waals surface area contributed by atoms with E-state index in [-0.39, 0.29) is 17.9 Å². The van der Waals surface area contributed by atoms with Gasteiger partial charge in [-0.15, -0.1) is 0 Å². The zero-order valence-electron chi connectivity index (χ0n) is 11.8. The van der Waals surface area contributed by atoms with Crippen LogP contribution < -0.4 is 10.6 Å². The van der Waals surface area contributed by atoms with Crippen molar-refractivity contribution >= 4 is 11.8 Å². The fourth-order valence-corrected chi connectivity index (χ4v) is 2.34. The van der Waals surface area contributed by atoms with Gasteiger partial charge in [0, 0.05) is 26.6 Å². The molecular formula is C13H25N3O2. The molecule has 0 aromatic heterocycles. The zero-order valence-corrected chi connectivity index (χ0v) is 11.8. The Labute approximate surface area is 109 Å². The molecule has 5 nitrogen and oxygen atoms in total. The topological polar surface area (TPSA) is 61.4 Å². The van der Waals surface area contributed by atoms with Crippen molar-refractivity contribution in [2.75, 3.05) is 20.6 Å². The van der Waals surface area contributed by atoms with E-state index in [1.165, 1.54) is 11.3 Å². The number of piperidine rings is 1. The Morgan fingerprint density at radius 1 is 1.44 bits per heavy atom. The fraction of sp³-hybridized carbons (Fsp3) is 0.846. The van der Waals surface area contributed by atoms with Gasteiger partial charge in [-0.05, 0) is 32.2 Å². The van der Waals surface area contributed by atoms with Crippen LogP contribution in [-0.4, -0.2) is 49.4 Å². The molecule has 3 unspecified atom stereocenters. The van der Waals surface area contributed by atoms with E-state index >= 15 is 0 Å². The van der Waals surface area contributed by atoms with Gasteiger partial charge in [0.2, 0.25) is 11.8 Å². The van der Waals surface area contributed by atoms with Crippen LogP contribution in [0.5, 0.6) is 0 Å². The molecule has 0 aromatic rings. The zero-order chi connectivity index (χ0) is 13.7. The van der Waals surface area contributed by atoms with E-state index in [1.54, 1.807) is 21.0 Å². The van der Waals surface area contributed by atoms with E-state index in [0.29, 0.717) is 12.3 Å². The number of hydrogen-bond donors (Lipinski definition) is 2. The minimum atomic E-state index is -0.452. The molecule has 1 heterocycles. The van der Waals surface area contributed by atoms with Gasteiger partial charge in [0.25, 0.3) is 0 Å². The molecule has 2 amide bonds. The molecule has 0 aromatic carbocycles. The average Bonchev–Trinajstić information content (AvgIpc) is 2.30. The van der Waals surface area contributed by atoms with Crippen LogP contribution >= 0.6 is 0 Å². The van der Waals surface area contributed by atoms with E-state index in [4.69, 9.17) is 0 Å². The second-order valence-electron chi connectivity index (χ2n) is 5.41. The number of nitrogens with zero attached hydrogens (tertiary/aromatic N) is 1. The second-order valence-corrected chi connectivity index (χ2v) is 5.41. The van der Waals surface area contributed by atoms with Gasteiger partial charge in [0.1, 0.15) is 6.04 Å². The number of carbonyl (C=O) groups excluding carboxylic acids is 2. The van der Waals surface area contributed by atoms with E-state index < -0.39 is 6.04 Å². The van der Waals surface area contributed by atoms with E-state index in [0.717, 1.165) is 13.0 Å². The number of likely N-dealkylation sites (N-methyl/N-ethyl adjacent to an activating group) is 1. The number of rotatable bonds is 4. The standard InChI is InChI=1S/C13H25N3O2/c1-9-6-5-7-14-11(9)8-12(17)15-10(2)13(18)16(3)4/h9-11,14H,5-8H2,1-4H3,(H,15,17). The first-order valence-electron chi connectivity index (χ1n) is 6.65. The van der Waals surface area contributed by atoms with Crippen molar-refractivity contribution in [1.82, 2.24) is 15.5 Å². The molecule has 104 valence electrons. The van der Waals surface area contributed by atoms with Crippen molar-refractivity contribution in [3.05, 3.63) is 0 Å². The molecule has 18 heavy (non-hydrogen) atoms. The second kappa shape index (κ2) is 6.73. The lowest BCUT2D eigenvalue weighted by atomic mass is 9.90. The Bertz CT molecular complexity index is 305. The molecule has 3 atom stereocenters. The molecular weight excluding hydrogens is 230 g/mol. The van der Waals surface area contributed by atoms with Crippen molar-refractivity contribution < 1.29 is 9.59 Å². The van der Waals surface area contributed by atoms with E-state index in [2.05, 4.69) is 17.6 Å². The summed E-state index contributed by atoms with van der Waals surface area (Å²) in [5, 5.41) is 6.13. The van der Waals surface area contributed by atoms with Gasteiger partial charge >= 0.3 is 0 Å². The van der Waals surface area contributed by atoms with Gasteiger partial charge in [-0.2, -0.15) is 0 Å². The molecule has 0 radical (unpaired) electrons. The highest BCUT2D eigenvalue weighted by Gasteiger charge is 2.25. The Morgan fingerprint density at radius 2 is 2.11 bits per heavy atom. The summed E-state index contributed by atoms with van der Waals surface area (Å²) in [7, 11) is 3.38. The first kappa shape index (κ1) is 15.0. The first-order valence-corrected chi connectivity index (χ1v) is 6.65. The summed E-state index contributed by atoms with van der Waals surface area (Å²) in [6, 6.07) is -0.216. The van der Waals surface area contributed by atoms with Gasteiger partial charge in [-0.1, -0.05) is 6.92 Å². The smallest absolute Gasteiger partial charge is 0.244 e. The summed E-state index contributed by atoms with van der Waals surface area (Å²) >= 11 is 0. The van der Waals surface area contributed by atoms with Gasteiger partial charge < -0.3 is 15.5 Å². The minimum absolute atomic E-state index is 0.0519. The van der Waals surface area contributed by atoms with E-state index in [1.807, 2.05) is 0 Å². The lowest BCUT2D eigenvalue weighted by Crippen LogP contribution is -2.48. The average molecular weight is 255 g/mol. The quantitative estimate of drug-likeness (QED) is 0.762. The highest BCUT2D eigenvalue weighted by molar-refractivity contribution is 5.87. The number of carbonyl (C=O) groups is 2. The predicted molar refractivity (Wildman–Crippen MR) is 71.1 cm³/mol. The Morgan fingerprint density at radius 3 is 2.67 bits per heavy atom. The molecule has 1 saturated heterocycles. The molecule has 1 aliphatic heterocycles. The Kier molecular flexibility index (Phi) is 5.59. The van der Waals surface area contributed by atoms with Gasteiger partial charge in [0.15, 0.2) is 0 Å². The largest absolute Gasteiger partial charge is 0.347 e. The molecule has 1 rings (SSSR count). The third-order valence-electron chi connectivity index (χ3n) is 3.52. The van der Waals surface area contributed by atoms with Crippen LogP contribution in [-0.2, 0) is 9.59 Å². The number of nitrogens with one attached hydrogen (secondary N) is 2. The van der Waals surface area contributed by atoms with Crippen LogP contribution in [0, 0.1) is 5.92 Å². The highest BCUT2D eigenvalue weighted by atomic mass is 16.2. The van der Waals surface area contributed by atoms with Crippen LogP contribution in [0.2, 0.25) is 0 Å². The molecule has 5 heteroatoms. The number of hydrogen-bond acceptors (Lipinski definition) is 3. The van der Waals surface area contributed by atoms with Gasteiger partial charge in [0.05, 0.1) is 0 Å². The minimum Gasteiger partial charge on any atom is -0.347 e. The van der Waals surface area contributed by atoms with Crippen LogP contribution in [0.4, 0.5) is 0 Å². The summed E-state index contributed by atoms with van der Waals surface area (Å²) < 4.78 is 0. The SMILES string of the molecule is CC(NC(=O)CC1NCCCC1C)C(=O)N(C)C. The lowest BCUT2D eigenvalue weighted by Gasteiger charge is -2.30. The first-order chi connectivity index (χ1) is 8.41. The number of amides is 2. The maximum Gasteiger partial charge on any atom is 0.244 e. The monoisotopic (exact) mass is 255 g/mol. The van der Waals surface area contributed by atoms with Gasteiger partial charge in [-0.3, -0.25) is 9.59 Å². The molecule has 1 aliphatic rings. The van der Waals surface area contributed by atoms with Crippen molar-refractivity contribution in [1.29, 1.82) is 0 Å². The lowest BCUT2D eigenvalue weighted by molar-refractivity contribution is -0.134. The molecule has 0 aliphatic carbocycles. The normalized spacial score (nSPS) is 25.3. The van der Waals surface area contributed by atoms with Gasteiger partial charge in [-0.25, -0.2) is 0 Å². The highest BCUT2D eigenvalue weighted by Crippen LogP contribution is 2.17. The summed E-state index contributed by atoms with van der Waals surface area (Å²) in [6.45, 7) is 4.87. The summed E-state index contributed by atoms with van der Waals surface area (Å²) in [5.41, 5.74) is 0. The van der Waals surface area contributed by atoms with Crippen LogP contribution in [0.25, 0.3) is 0 Å². The van der Waals surface area contributed by atoms with Crippen molar-refractivity contribution in [3.8, 4) is 0 Å². The fourth-order valence-electron chi connectivity index (χ4n) is 2.34. The molecule has 1 fully saturated rings. The van der Waals surface area contributed by atoms with Crippen LogP contribution in [0.3, 0.4) is 0 Å². The molecule has 0 saturated carbocycles. The van der Waals surface area contributed by atoms with E-state index in [9.17, 15) is 9.59 Å². The predicted octanol–water partition coefficient (Wildman–Crippen LogP) is 0.358. The third-order valence-corrected chi connectivity index (χ3v) is 3.52. The molecule has 2 N–H and O–H groups in total. The summed E-state index contributed by atoms with van der Waals surface area (Å²) in [5.74, 6) is 0.390. The molecule has 0 bridgehead atoms. The molecule has 0 spiro atoms. The summed E-state index contributed by atoms with van der Waals surface area (Å²) in [4.78, 5) is 25.0. The van der Waals surface area contributed by atoms with Crippen molar-refractivity contribution in [3.63, 3.8) is 0 Å². The van der Waals surface area contributed by atoms with Crippen LogP contribution in [0.15, 0.2) is 0 Å². The Hall–Kier alpha value is -1.10. The van der Waals surface area contributed by atoms with Crippen LogP contribution in [0.1, 0.15) is 33.1 Å². The van der Waals surface area contributed by atoms with Crippen molar-refractivity contribution in [2.24, 2.45) is 5.92 Å². The van der Waals surface area contributed by atoms with Crippen molar-refractivity contribution in [2.45, 2.75) is 45.2 Å². The Balaban J connectivity index is 2.39. The maximum atomic E-state index is 11.9.